The summed E-state index contributed by atoms with van der Waals surface area (Å²) in [6.07, 6.45) is 3.14. The smallest absolute Gasteiger partial charge is 0.323 e. The van der Waals surface area contributed by atoms with Crippen molar-refractivity contribution >= 4 is 66.8 Å². The Bertz CT molecular complexity index is 739. The first-order chi connectivity index (χ1) is 11.3. The van der Waals surface area contributed by atoms with Crippen LogP contribution in [-0.4, -0.2) is 40.3 Å². The summed E-state index contributed by atoms with van der Waals surface area (Å²) < 4.78 is 6.83. The molecule has 0 atom stereocenters. The topological polar surface area (TPSA) is 83.9 Å². The summed E-state index contributed by atoms with van der Waals surface area (Å²) in [6.45, 7) is 3.27. The maximum absolute atomic E-state index is 12.1. The van der Waals surface area contributed by atoms with Crippen molar-refractivity contribution in [3.8, 4) is 5.75 Å². The van der Waals surface area contributed by atoms with Gasteiger partial charge < -0.3 is 9.84 Å². The number of benzene rings is 1. The van der Waals surface area contributed by atoms with Gasteiger partial charge in [-0.1, -0.05) is 12.7 Å². The van der Waals surface area contributed by atoms with Gasteiger partial charge in [-0.3, -0.25) is 19.3 Å². The van der Waals surface area contributed by atoms with E-state index in [-0.39, 0.29) is 4.91 Å². The van der Waals surface area contributed by atoms with E-state index in [1.807, 2.05) is 0 Å². The fourth-order valence-corrected chi connectivity index (χ4v) is 4.15. The third-order valence-electron chi connectivity index (χ3n) is 2.83. The molecule has 1 N–H and O–H groups in total. The number of aliphatic carboxylic acids is 1. The Balaban J connectivity index is 2.28. The Morgan fingerprint density at radius 3 is 2.50 bits per heavy atom. The molecule has 0 radical (unpaired) electrons. The van der Waals surface area contributed by atoms with Gasteiger partial charge in [-0.25, -0.2) is 0 Å². The van der Waals surface area contributed by atoms with Gasteiger partial charge in [0.05, 0.1) is 13.9 Å². The van der Waals surface area contributed by atoms with Crippen LogP contribution in [0.3, 0.4) is 0 Å². The molecule has 2 rings (SSSR count). The Hall–Kier alpha value is -1.58. The summed E-state index contributed by atoms with van der Waals surface area (Å²) in [5.74, 6) is -1.27. The molecule has 6 nitrogen and oxygen atoms in total. The van der Waals surface area contributed by atoms with Crippen molar-refractivity contribution in [1.82, 2.24) is 4.90 Å². The number of ether oxygens (including phenoxy) is 1. The summed E-state index contributed by atoms with van der Waals surface area (Å²) in [6, 6.07) is 3.46. The number of hydrogen-bond donors (Lipinski definition) is 1. The Morgan fingerprint density at radius 1 is 1.33 bits per heavy atom. The molecule has 24 heavy (non-hydrogen) atoms. The molecule has 1 heterocycles. The second-order valence-corrected chi connectivity index (χ2v) is 7.28. The number of hydrogen-bond acceptors (Lipinski definition) is 5. The van der Waals surface area contributed by atoms with Gasteiger partial charge >= 0.3 is 5.97 Å². The minimum Gasteiger partial charge on any atom is -0.487 e. The van der Waals surface area contributed by atoms with Crippen molar-refractivity contribution in [2.75, 3.05) is 13.2 Å². The summed E-state index contributed by atoms with van der Waals surface area (Å²) in [5, 5.41) is 8.15. The molecule has 1 aliphatic rings. The van der Waals surface area contributed by atoms with Gasteiger partial charge in [-0.05, 0) is 67.4 Å². The van der Waals surface area contributed by atoms with E-state index in [9.17, 15) is 14.4 Å². The van der Waals surface area contributed by atoms with Gasteiger partial charge in [0.25, 0.3) is 11.1 Å². The highest BCUT2D eigenvalue weighted by Gasteiger charge is 2.36. The number of halogens is 2. The van der Waals surface area contributed by atoms with Gasteiger partial charge in [-0.2, -0.15) is 0 Å². The Labute approximate surface area is 158 Å². The van der Waals surface area contributed by atoms with Crippen LogP contribution >= 0.6 is 43.6 Å². The molecule has 0 unspecified atom stereocenters. The molecule has 126 valence electrons. The van der Waals surface area contributed by atoms with Crippen LogP contribution in [-0.2, 0) is 9.59 Å². The van der Waals surface area contributed by atoms with Crippen LogP contribution in [0.5, 0.6) is 5.75 Å². The largest absolute Gasteiger partial charge is 0.487 e. The second-order valence-electron chi connectivity index (χ2n) is 4.57. The molecular formula is C15H11Br2NO5S. The van der Waals surface area contributed by atoms with Gasteiger partial charge in [-0.15, -0.1) is 0 Å². The van der Waals surface area contributed by atoms with E-state index in [4.69, 9.17) is 9.84 Å². The predicted molar refractivity (Wildman–Crippen MR) is 97.8 cm³/mol. The third-order valence-corrected chi connectivity index (χ3v) is 4.92. The molecule has 1 aliphatic heterocycles. The highest BCUT2D eigenvalue weighted by Crippen LogP contribution is 2.37. The average Bonchev–Trinajstić information content (AvgIpc) is 2.74. The highest BCUT2D eigenvalue weighted by atomic mass is 79.9. The molecule has 0 bridgehead atoms. The van der Waals surface area contributed by atoms with E-state index in [1.165, 1.54) is 6.08 Å². The number of carbonyl (C=O) groups is 3. The summed E-state index contributed by atoms with van der Waals surface area (Å²) in [7, 11) is 0. The zero-order chi connectivity index (χ0) is 17.9. The van der Waals surface area contributed by atoms with Crippen molar-refractivity contribution in [3.05, 3.63) is 44.2 Å². The molecule has 1 saturated heterocycles. The molecule has 1 fully saturated rings. The zero-order valence-corrected chi connectivity index (χ0v) is 16.1. The molecule has 0 aromatic heterocycles. The van der Waals surface area contributed by atoms with Gasteiger partial charge in [0.2, 0.25) is 0 Å². The van der Waals surface area contributed by atoms with Crippen molar-refractivity contribution in [1.29, 1.82) is 0 Å². The maximum atomic E-state index is 12.1. The minimum absolute atomic E-state index is 0.166. The van der Waals surface area contributed by atoms with E-state index in [1.54, 1.807) is 18.2 Å². The number of imide groups is 1. The number of thioether (sulfide) groups is 1. The van der Waals surface area contributed by atoms with Crippen LogP contribution in [0.4, 0.5) is 4.79 Å². The first-order valence-electron chi connectivity index (χ1n) is 6.53. The predicted octanol–water partition coefficient (Wildman–Crippen LogP) is 3.90. The van der Waals surface area contributed by atoms with Crippen LogP contribution in [0.2, 0.25) is 0 Å². The van der Waals surface area contributed by atoms with Crippen LogP contribution in [0.1, 0.15) is 5.56 Å². The van der Waals surface area contributed by atoms with Crippen LogP contribution in [0.15, 0.2) is 38.6 Å². The van der Waals surface area contributed by atoms with Gasteiger partial charge in [0.15, 0.2) is 0 Å². The third kappa shape index (κ3) is 4.28. The quantitative estimate of drug-likeness (QED) is 0.495. The minimum atomic E-state index is -1.24. The maximum Gasteiger partial charge on any atom is 0.323 e. The lowest BCUT2D eigenvalue weighted by atomic mass is 10.2. The van der Waals surface area contributed by atoms with Crippen LogP contribution in [0.25, 0.3) is 6.08 Å². The van der Waals surface area contributed by atoms with Gasteiger partial charge in [0.1, 0.15) is 18.9 Å². The Morgan fingerprint density at radius 2 is 1.96 bits per heavy atom. The van der Waals surface area contributed by atoms with Crippen molar-refractivity contribution < 1.29 is 24.2 Å². The molecule has 0 saturated carbocycles. The van der Waals surface area contributed by atoms with Crippen LogP contribution in [0, 0.1) is 0 Å². The van der Waals surface area contributed by atoms with E-state index in [0.29, 0.717) is 43.5 Å². The summed E-state index contributed by atoms with van der Waals surface area (Å²) >= 11 is 7.48. The Kier molecular flexibility index (Phi) is 6.25. The molecule has 2 amide bonds. The average molecular weight is 477 g/mol. The SMILES string of the molecule is C=CCOc1c(Br)cc(/C=C2\SC(=O)N(CC(=O)O)C2=O)cc1Br. The number of carboxylic acid groups (broad SMARTS) is 1. The standard InChI is InChI=1S/C15H11Br2NO5S/c1-2-3-23-13-9(16)4-8(5-10(13)17)6-11-14(21)18(7-12(19)20)15(22)24-11/h2,4-6H,1,3,7H2,(H,19,20)/b11-6-. The van der Waals surface area contributed by atoms with Crippen molar-refractivity contribution in [2.24, 2.45) is 0 Å². The zero-order valence-electron chi connectivity index (χ0n) is 12.1. The highest BCUT2D eigenvalue weighted by molar-refractivity contribution is 9.11. The normalized spacial score (nSPS) is 15.9. The first-order valence-corrected chi connectivity index (χ1v) is 8.93. The first kappa shape index (κ1) is 18.8. The molecule has 1 aromatic rings. The van der Waals surface area contributed by atoms with Crippen LogP contribution < -0.4 is 4.74 Å². The van der Waals surface area contributed by atoms with E-state index in [0.717, 1.165) is 0 Å². The van der Waals surface area contributed by atoms with E-state index in [2.05, 4.69) is 38.4 Å². The molecule has 9 heteroatoms. The number of nitrogens with zero attached hydrogens (tertiary/aromatic N) is 1. The number of carboxylic acids is 1. The molecular weight excluding hydrogens is 466 g/mol. The summed E-state index contributed by atoms with van der Waals surface area (Å²) in [5.41, 5.74) is 0.653. The molecule has 0 spiro atoms. The van der Waals surface area contributed by atoms with Crippen molar-refractivity contribution in [3.63, 3.8) is 0 Å². The number of rotatable bonds is 6. The van der Waals surface area contributed by atoms with Gasteiger partial charge in [0, 0.05) is 0 Å². The molecule has 1 aromatic carbocycles. The lowest BCUT2D eigenvalue weighted by Crippen LogP contribution is -2.33. The fraction of sp³-hybridized carbons (Fsp3) is 0.133. The molecule has 0 aliphatic carbocycles. The van der Waals surface area contributed by atoms with E-state index >= 15 is 0 Å². The second kappa shape index (κ2) is 8.00. The summed E-state index contributed by atoms with van der Waals surface area (Å²) in [4.78, 5) is 35.5. The number of carbonyl (C=O) groups excluding carboxylic acids is 2. The lowest BCUT2D eigenvalue weighted by Gasteiger charge is -2.10. The fourth-order valence-electron chi connectivity index (χ4n) is 1.87. The monoisotopic (exact) mass is 475 g/mol. The number of amides is 2. The lowest BCUT2D eigenvalue weighted by molar-refractivity contribution is -0.140. The van der Waals surface area contributed by atoms with Crippen molar-refractivity contribution in [2.45, 2.75) is 0 Å². The van der Waals surface area contributed by atoms with E-state index < -0.39 is 23.7 Å².